The molecule has 0 amide bonds. The lowest BCUT2D eigenvalue weighted by atomic mass is 10.0. The van der Waals surface area contributed by atoms with E-state index in [4.69, 9.17) is 4.98 Å². The number of allylic oxidation sites excluding steroid dienone is 2. The maximum absolute atomic E-state index is 5.63. The molecular weight excluding hydrogens is 606 g/mol. The van der Waals surface area contributed by atoms with Gasteiger partial charge in [-0.25, -0.2) is 4.98 Å². The van der Waals surface area contributed by atoms with Gasteiger partial charge in [0.25, 0.3) is 0 Å². The molecule has 0 saturated carbocycles. The highest BCUT2D eigenvalue weighted by atomic mass is 31.1. The summed E-state index contributed by atoms with van der Waals surface area (Å²) in [5, 5.41) is 12.4. The number of hydrogen-bond acceptors (Lipinski definition) is 2. The second-order valence-electron chi connectivity index (χ2n) is 13.3. The Kier molecular flexibility index (Phi) is 8.05. The van der Waals surface area contributed by atoms with Gasteiger partial charge in [0.05, 0.1) is 17.1 Å². The fraction of sp³-hybridized carbons (Fsp3) is 0.186. The zero-order valence-electron chi connectivity index (χ0n) is 27.6. The highest BCUT2D eigenvalue weighted by molar-refractivity contribution is 7.72. The Labute approximate surface area is 281 Å². The van der Waals surface area contributed by atoms with Gasteiger partial charge in [0.1, 0.15) is 0 Å². The minimum atomic E-state index is -0.725. The first-order valence-electron chi connectivity index (χ1n) is 16.6. The summed E-state index contributed by atoms with van der Waals surface area (Å²) in [6.07, 6.45) is 7.79. The van der Waals surface area contributed by atoms with Gasteiger partial charge in [0, 0.05) is 34.1 Å². The van der Waals surface area contributed by atoms with Gasteiger partial charge in [0.15, 0.2) is 0 Å². The van der Waals surface area contributed by atoms with E-state index in [2.05, 4.69) is 154 Å². The van der Waals surface area contributed by atoms with Crippen molar-refractivity contribution in [3.8, 4) is 0 Å². The number of aromatic nitrogens is 1. The van der Waals surface area contributed by atoms with Crippen molar-refractivity contribution in [3.05, 3.63) is 160 Å². The van der Waals surface area contributed by atoms with Crippen LogP contribution in [-0.2, 0) is 12.3 Å². The van der Waals surface area contributed by atoms with E-state index < -0.39 is 15.8 Å². The average molecular weight is 647 g/mol. The highest BCUT2D eigenvalue weighted by Crippen LogP contribution is 2.53. The van der Waals surface area contributed by atoms with Gasteiger partial charge in [-0.1, -0.05) is 113 Å². The summed E-state index contributed by atoms with van der Waals surface area (Å²) in [6.45, 7) is 8.96. The van der Waals surface area contributed by atoms with E-state index >= 15 is 0 Å². The third kappa shape index (κ3) is 5.95. The highest BCUT2D eigenvalue weighted by Gasteiger charge is 2.29. The standard InChI is InChI=1S/C43H40N2P2/c1-28-15-17-38-40(23-28)46(36-11-7-5-8-12-36)26-34-21-30(3)19-32-25-33-20-31(4)22-35(43(33)45-42(32)34)27-47(37-13-9-6-10-14-37)41-24-29(2)16-18-39(41)44-38/h5-17,19-25,39,44H,18,26-27H2,1-4H3. The van der Waals surface area contributed by atoms with Crippen LogP contribution in [0.1, 0.15) is 41.2 Å². The van der Waals surface area contributed by atoms with Crippen LogP contribution in [0.4, 0.5) is 5.69 Å². The van der Waals surface area contributed by atoms with Crippen molar-refractivity contribution in [3.63, 3.8) is 0 Å². The van der Waals surface area contributed by atoms with E-state index in [-0.39, 0.29) is 6.04 Å². The molecule has 0 saturated heterocycles. The van der Waals surface area contributed by atoms with Crippen molar-refractivity contribution < 1.29 is 0 Å². The molecule has 8 rings (SSSR count). The molecular formula is C43H40N2P2. The molecule has 3 unspecified atom stereocenters. The quantitative estimate of drug-likeness (QED) is 0.150. The molecule has 4 heteroatoms. The molecule has 0 radical (unpaired) electrons. The molecule has 2 heterocycles. The van der Waals surface area contributed by atoms with Crippen LogP contribution in [0.5, 0.6) is 0 Å². The number of anilines is 1. The Hall–Kier alpha value is -4.09. The third-order valence-electron chi connectivity index (χ3n) is 9.55. The van der Waals surface area contributed by atoms with Gasteiger partial charge in [-0.2, -0.15) is 0 Å². The Morgan fingerprint density at radius 3 is 1.85 bits per heavy atom. The van der Waals surface area contributed by atoms with Gasteiger partial charge >= 0.3 is 0 Å². The lowest BCUT2D eigenvalue weighted by Gasteiger charge is -2.34. The van der Waals surface area contributed by atoms with Crippen LogP contribution in [0.2, 0.25) is 0 Å². The van der Waals surface area contributed by atoms with Crippen LogP contribution in [0.3, 0.4) is 0 Å². The van der Waals surface area contributed by atoms with Crippen LogP contribution in [0.15, 0.2) is 132 Å². The summed E-state index contributed by atoms with van der Waals surface area (Å²) in [5.74, 6) is 0. The van der Waals surface area contributed by atoms with Crippen molar-refractivity contribution >= 4 is 59.3 Å². The minimum Gasteiger partial charge on any atom is -0.377 e. The number of fused-ring (bicyclic) bond motifs is 2. The zero-order chi connectivity index (χ0) is 32.1. The number of pyridine rings is 1. The summed E-state index contributed by atoms with van der Waals surface area (Å²) < 4.78 is 0. The molecule has 3 atom stereocenters. The van der Waals surface area contributed by atoms with E-state index in [1.807, 2.05) is 0 Å². The zero-order valence-corrected chi connectivity index (χ0v) is 29.4. The summed E-state index contributed by atoms with van der Waals surface area (Å²) in [5.41, 5.74) is 11.5. The molecule has 1 N–H and O–H groups in total. The average Bonchev–Trinajstić information content (AvgIpc) is 3.07. The Morgan fingerprint density at radius 1 is 0.617 bits per heavy atom. The molecule has 0 spiro atoms. The van der Waals surface area contributed by atoms with Gasteiger partial charge < -0.3 is 5.32 Å². The van der Waals surface area contributed by atoms with E-state index in [1.165, 1.54) is 71.1 Å². The van der Waals surface area contributed by atoms with E-state index in [0.29, 0.717) is 0 Å². The summed E-state index contributed by atoms with van der Waals surface area (Å²) >= 11 is 0. The van der Waals surface area contributed by atoms with E-state index in [1.54, 1.807) is 0 Å². The van der Waals surface area contributed by atoms with Crippen LogP contribution in [0.25, 0.3) is 21.8 Å². The molecule has 2 bridgehead atoms. The molecule has 0 fully saturated rings. The Morgan fingerprint density at radius 2 is 1.21 bits per heavy atom. The normalized spacial score (nSPS) is 19.4. The fourth-order valence-electron chi connectivity index (χ4n) is 7.38. The number of aryl methyl sites for hydroxylation is 3. The molecule has 232 valence electrons. The number of benzene rings is 5. The van der Waals surface area contributed by atoms with E-state index in [0.717, 1.165) is 29.8 Å². The first kappa shape index (κ1) is 30.3. The van der Waals surface area contributed by atoms with Crippen molar-refractivity contribution in [1.29, 1.82) is 0 Å². The predicted octanol–water partition coefficient (Wildman–Crippen LogP) is 10.3. The maximum Gasteiger partial charge on any atom is 0.0745 e. The summed E-state index contributed by atoms with van der Waals surface area (Å²) in [4.78, 5) is 5.63. The lowest BCUT2D eigenvalue weighted by molar-refractivity contribution is 0.858. The van der Waals surface area contributed by atoms with Crippen LogP contribution in [-0.4, -0.2) is 11.0 Å². The molecule has 1 aliphatic carbocycles. The topological polar surface area (TPSA) is 24.9 Å². The van der Waals surface area contributed by atoms with Crippen molar-refractivity contribution in [2.45, 2.75) is 52.5 Å². The van der Waals surface area contributed by atoms with Crippen molar-refractivity contribution in [2.24, 2.45) is 0 Å². The predicted molar refractivity (Wildman–Crippen MR) is 207 cm³/mol. The van der Waals surface area contributed by atoms with Gasteiger partial charge in [-0.05, 0) is 107 Å². The number of nitrogens with zero attached hydrogens (tertiary/aromatic N) is 1. The second kappa shape index (κ2) is 12.5. The minimum absolute atomic E-state index is 0.215. The second-order valence-corrected chi connectivity index (χ2v) is 17.7. The largest absolute Gasteiger partial charge is 0.377 e. The summed E-state index contributed by atoms with van der Waals surface area (Å²) in [6, 6.07) is 41.6. The van der Waals surface area contributed by atoms with Crippen molar-refractivity contribution in [2.75, 3.05) is 5.32 Å². The Balaban J connectivity index is 1.45. The fourth-order valence-corrected chi connectivity index (χ4v) is 12.6. The first-order chi connectivity index (χ1) is 22.9. The Bertz CT molecular complexity index is 2200. The van der Waals surface area contributed by atoms with Crippen molar-refractivity contribution in [1.82, 2.24) is 4.98 Å². The van der Waals surface area contributed by atoms with Crippen LogP contribution >= 0.6 is 15.8 Å². The molecule has 47 heavy (non-hydrogen) atoms. The number of rotatable bonds is 2. The van der Waals surface area contributed by atoms with Gasteiger partial charge in [-0.15, -0.1) is 0 Å². The van der Waals surface area contributed by atoms with Crippen LogP contribution < -0.4 is 21.2 Å². The first-order valence-corrected chi connectivity index (χ1v) is 19.7. The van der Waals surface area contributed by atoms with Gasteiger partial charge in [-0.3, -0.25) is 0 Å². The molecule has 1 aromatic heterocycles. The lowest BCUT2D eigenvalue weighted by Crippen LogP contribution is -2.28. The maximum atomic E-state index is 5.63. The summed E-state index contributed by atoms with van der Waals surface area (Å²) in [7, 11) is -1.41. The molecule has 2 aliphatic rings. The third-order valence-corrected chi connectivity index (χ3v) is 14.7. The SMILES string of the molecule is CC1=CCC2Nc3ccc(C)cc3P(c3ccccc3)Cc3cc(C)cc4cc5cc(C)cc(c5nc34)CP(c3ccccc3)C2=C1. The van der Waals surface area contributed by atoms with Crippen LogP contribution in [0, 0.1) is 20.8 Å². The molecule has 2 nitrogen and oxygen atoms in total. The van der Waals surface area contributed by atoms with Gasteiger partial charge in [0.2, 0.25) is 0 Å². The monoisotopic (exact) mass is 646 g/mol. The number of hydrogen-bond donors (Lipinski definition) is 1. The number of nitrogens with one attached hydrogen (secondary N) is 1. The smallest absolute Gasteiger partial charge is 0.0745 e. The molecule has 5 aromatic carbocycles. The van der Waals surface area contributed by atoms with E-state index in [9.17, 15) is 0 Å². The molecule has 6 aromatic rings. The molecule has 1 aliphatic heterocycles.